The van der Waals surface area contributed by atoms with E-state index in [1.807, 2.05) is 0 Å². The highest BCUT2D eigenvalue weighted by atomic mass is 16.2. The number of nitrogens with zero attached hydrogens (tertiary/aromatic N) is 1. The summed E-state index contributed by atoms with van der Waals surface area (Å²) >= 11 is 0. The summed E-state index contributed by atoms with van der Waals surface area (Å²) in [6, 6.07) is 0.291. The summed E-state index contributed by atoms with van der Waals surface area (Å²) in [6.07, 6.45) is 3.44. The molecule has 3 heteroatoms. The summed E-state index contributed by atoms with van der Waals surface area (Å²) in [6.45, 7) is 5.92. The van der Waals surface area contributed by atoms with Gasteiger partial charge >= 0.3 is 0 Å². The van der Waals surface area contributed by atoms with Gasteiger partial charge in [-0.05, 0) is 31.1 Å². The highest BCUT2D eigenvalue weighted by Gasteiger charge is 2.44. The normalized spacial score (nSPS) is 40.3. The van der Waals surface area contributed by atoms with Gasteiger partial charge < -0.3 is 10.6 Å². The van der Waals surface area contributed by atoms with Crippen molar-refractivity contribution in [3.63, 3.8) is 0 Å². The number of rotatable bonds is 2. The zero-order valence-corrected chi connectivity index (χ0v) is 9.78. The predicted molar refractivity (Wildman–Crippen MR) is 60.2 cm³/mol. The fourth-order valence-corrected chi connectivity index (χ4v) is 2.76. The van der Waals surface area contributed by atoms with E-state index in [4.69, 9.17) is 5.73 Å². The Labute approximate surface area is 92.0 Å². The Morgan fingerprint density at radius 3 is 2.60 bits per heavy atom. The van der Waals surface area contributed by atoms with Crippen molar-refractivity contribution in [1.29, 1.82) is 0 Å². The molecule has 2 rings (SSSR count). The molecular formula is C12H22N2O. The molecule has 0 radical (unpaired) electrons. The summed E-state index contributed by atoms with van der Waals surface area (Å²) < 4.78 is 0. The first kappa shape index (κ1) is 10.9. The molecule has 0 aromatic rings. The monoisotopic (exact) mass is 210 g/mol. The number of likely N-dealkylation sites (tertiary alicyclic amines) is 1. The smallest absolute Gasteiger partial charge is 0.226 e. The molecule has 0 aromatic carbocycles. The summed E-state index contributed by atoms with van der Waals surface area (Å²) in [4.78, 5) is 14.2. The largest absolute Gasteiger partial charge is 0.338 e. The number of hydrogen-bond acceptors (Lipinski definition) is 2. The Bertz CT molecular complexity index is 254. The van der Waals surface area contributed by atoms with Crippen molar-refractivity contribution >= 4 is 5.91 Å². The number of hydrogen-bond donors (Lipinski definition) is 1. The molecule has 2 fully saturated rings. The van der Waals surface area contributed by atoms with Crippen molar-refractivity contribution in [2.24, 2.45) is 23.5 Å². The fourth-order valence-electron chi connectivity index (χ4n) is 2.76. The third-order valence-corrected chi connectivity index (χ3v) is 4.07. The zero-order chi connectivity index (χ0) is 11.0. The SMILES string of the molecule is CC1CC1C(=O)N1CCCC(C)C1CN. The molecule has 3 nitrogen and oxygen atoms in total. The van der Waals surface area contributed by atoms with Crippen LogP contribution in [0.2, 0.25) is 0 Å². The van der Waals surface area contributed by atoms with Gasteiger partial charge in [-0.3, -0.25) is 4.79 Å². The zero-order valence-electron chi connectivity index (χ0n) is 9.78. The van der Waals surface area contributed by atoms with Crippen LogP contribution in [-0.2, 0) is 4.79 Å². The van der Waals surface area contributed by atoms with E-state index >= 15 is 0 Å². The van der Waals surface area contributed by atoms with Gasteiger partial charge in [-0.2, -0.15) is 0 Å². The first-order valence-electron chi connectivity index (χ1n) is 6.15. The average Bonchev–Trinajstić information content (AvgIpc) is 2.94. The van der Waals surface area contributed by atoms with Gasteiger partial charge in [-0.1, -0.05) is 13.8 Å². The molecule has 4 unspecified atom stereocenters. The Morgan fingerprint density at radius 1 is 1.40 bits per heavy atom. The summed E-state index contributed by atoms with van der Waals surface area (Å²) in [7, 11) is 0. The van der Waals surface area contributed by atoms with E-state index in [1.54, 1.807) is 0 Å². The molecule has 2 N–H and O–H groups in total. The summed E-state index contributed by atoms with van der Waals surface area (Å²) in [5, 5.41) is 0. The minimum atomic E-state index is 0.291. The van der Waals surface area contributed by atoms with E-state index in [0.717, 1.165) is 19.4 Å². The number of piperidine rings is 1. The number of carbonyl (C=O) groups excluding carboxylic acids is 1. The third-order valence-electron chi connectivity index (χ3n) is 4.07. The lowest BCUT2D eigenvalue weighted by molar-refractivity contribution is -0.137. The van der Waals surface area contributed by atoms with Crippen molar-refractivity contribution in [3.8, 4) is 0 Å². The molecule has 86 valence electrons. The minimum Gasteiger partial charge on any atom is -0.338 e. The van der Waals surface area contributed by atoms with Gasteiger partial charge in [0.2, 0.25) is 5.91 Å². The second-order valence-corrected chi connectivity index (χ2v) is 5.27. The summed E-state index contributed by atoms with van der Waals surface area (Å²) in [5.41, 5.74) is 5.78. The van der Waals surface area contributed by atoms with Gasteiger partial charge in [0.15, 0.2) is 0 Å². The van der Waals surface area contributed by atoms with Gasteiger partial charge in [0.1, 0.15) is 0 Å². The number of amides is 1. The maximum atomic E-state index is 12.2. The molecule has 1 saturated carbocycles. The lowest BCUT2D eigenvalue weighted by atomic mass is 9.90. The van der Waals surface area contributed by atoms with Crippen LogP contribution in [-0.4, -0.2) is 29.9 Å². The molecule has 1 saturated heterocycles. The second-order valence-electron chi connectivity index (χ2n) is 5.27. The van der Waals surface area contributed by atoms with E-state index in [-0.39, 0.29) is 0 Å². The van der Waals surface area contributed by atoms with Crippen LogP contribution >= 0.6 is 0 Å². The molecule has 0 spiro atoms. The highest BCUT2D eigenvalue weighted by Crippen LogP contribution is 2.40. The van der Waals surface area contributed by atoms with Crippen molar-refractivity contribution in [2.45, 2.75) is 39.2 Å². The van der Waals surface area contributed by atoms with Crippen LogP contribution in [0.15, 0.2) is 0 Å². The first-order chi connectivity index (χ1) is 7.15. The molecule has 1 heterocycles. The van der Waals surface area contributed by atoms with Gasteiger partial charge in [-0.25, -0.2) is 0 Å². The van der Waals surface area contributed by atoms with E-state index in [0.29, 0.717) is 36.2 Å². The molecule has 4 atom stereocenters. The fraction of sp³-hybridized carbons (Fsp3) is 0.917. The van der Waals surface area contributed by atoms with Crippen LogP contribution in [0.5, 0.6) is 0 Å². The molecule has 15 heavy (non-hydrogen) atoms. The highest BCUT2D eigenvalue weighted by molar-refractivity contribution is 5.82. The van der Waals surface area contributed by atoms with Gasteiger partial charge in [0, 0.05) is 25.0 Å². The van der Waals surface area contributed by atoms with Crippen molar-refractivity contribution in [2.75, 3.05) is 13.1 Å². The van der Waals surface area contributed by atoms with E-state index in [2.05, 4.69) is 18.7 Å². The van der Waals surface area contributed by atoms with Crippen LogP contribution in [0.1, 0.15) is 33.1 Å². The second kappa shape index (κ2) is 4.12. The van der Waals surface area contributed by atoms with Crippen LogP contribution in [0, 0.1) is 17.8 Å². The molecule has 0 aromatic heterocycles. The van der Waals surface area contributed by atoms with Gasteiger partial charge in [0.05, 0.1) is 0 Å². The van der Waals surface area contributed by atoms with Crippen LogP contribution in [0.25, 0.3) is 0 Å². The first-order valence-corrected chi connectivity index (χ1v) is 6.15. The van der Waals surface area contributed by atoms with Crippen molar-refractivity contribution in [3.05, 3.63) is 0 Å². The van der Waals surface area contributed by atoms with Crippen LogP contribution in [0.3, 0.4) is 0 Å². The standard InChI is InChI=1S/C12H22N2O/c1-8-4-3-5-14(11(8)7-13)12(15)10-6-9(10)2/h8-11H,3-7,13H2,1-2H3. The molecule has 1 aliphatic heterocycles. The molecule has 1 aliphatic carbocycles. The Hall–Kier alpha value is -0.570. The topological polar surface area (TPSA) is 46.3 Å². The van der Waals surface area contributed by atoms with Crippen molar-refractivity contribution in [1.82, 2.24) is 4.90 Å². The maximum absolute atomic E-state index is 12.2. The number of carbonyl (C=O) groups is 1. The van der Waals surface area contributed by atoms with Crippen LogP contribution < -0.4 is 5.73 Å². The Morgan fingerprint density at radius 2 is 2.07 bits per heavy atom. The minimum absolute atomic E-state index is 0.291. The Kier molecular flexibility index (Phi) is 3.01. The quantitative estimate of drug-likeness (QED) is 0.745. The third kappa shape index (κ3) is 2.03. The van der Waals surface area contributed by atoms with Crippen molar-refractivity contribution < 1.29 is 4.79 Å². The van der Waals surface area contributed by atoms with Gasteiger partial charge in [-0.15, -0.1) is 0 Å². The molecule has 0 bridgehead atoms. The van der Waals surface area contributed by atoms with E-state index in [9.17, 15) is 4.79 Å². The average molecular weight is 210 g/mol. The predicted octanol–water partition coefficient (Wildman–Crippen LogP) is 1.23. The Balaban J connectivity index is 2.02. The van der Waals surface area contributed by atoms with E-state index in [1.165, 1.54) is 6.42 Å². The molecule has 1 amide bonds. The van der Waals surface area contributed by atoms with Gasteiger partial charge in [0.25, 0.3) is 0 Å². The number of nitrogens with two attached hydrogens (primary N) is 1. The lowest BCUT2D eigenvalue weighted by Gasteiger charge is -2.39. The molecular weight excluding hydrogens is 188 g/mol. The maximum Gasteiger partial charge on any atom is 0.226 e. The lowest BCUT2D eigenvalue weighted by Crippen LogP contribution is -2.52. The van der Waals surface area contributed by atoms with E-state index < -0.39 is 0 Å². The molecule has 2 aliphatic rings. The van der Waals surface area contributed by atoms with Crippen LogP contribution in [0.4, 0.5) is 0 Å². The summed E-state index contributed by atoms with van der Waals surface area (Å²) in [5.74, 6) is 1.85.